The summed E-state index contributed by atoms with van der Waals surface area (Å²) in [6.07, 6.45) is 0. The van der Waals surface area contributed by atoms with Gasteiger partial charge in [0.15, 0.2) is 0 Å². The topological polar surface area (TPSA) is 59.8 Å². The van der Waals surface area contributed by atoms with Crippen molar-refractivity contribution in [1.82, 2.24) is 14.7 Å². The van der Waals surface area contributed by atoms with E-state index in [4.69, 9.17) is 14.6 Å². The summed E-state index contributed by atoms with van der Waals surface area (Å²) in [7, 11) is 3.31. The molecule has 1 amide bonds. The Morgan fingerprint density at radius 1 is 0.730 bits per heavy atom. The first kappa shape index (κ1) is 24.4. The van der Waals surface area contributed by atoms with Crippen LogP contribution in [0.25, 0.3) is 16.9 Å². The summed E-state index contributed by atoms with van der Waals surface area (Å²) >= 11 is 0. The molecular weight excluding hydrogens is 464 g/mol. The number of carbonyl (C=O) groups is 1. The molecule has 0 radical (unpaired) electrons. The fraction of sp³-hybridized carbons (Fsp3) is 0.267. The fourth-order valence-electron chi connectivity index (χ4n) is 4.62. The molecule has 37 heavy (non-hydrogen) atoms. The van der Waals surface area contributed by atoms with Gasteiger partial charge in [0.1, 0.15) is 17.2 Å². The van der Waals surface area contributed by atoms with Crippen LogP contribution >= 0.6 is 0 Å². The zero-order valence-corrected chi connectivity index (χ0v) is 21.8. The van der Waals surface area contributed by atoms with E-state index < -0.39 is 0 Å². The largest absolute Gasteiger partial charge is 0.497 e. The number of amides is 1. The number of rotatable bonds is 6. The molecule has 0 saturated carbocycles. The molecule has 0 atom stereocenters. The van der Waals surface area contributed by atoms with Gasteiger partial charge in [0.05, 0.1) is 25.6 Å². The van der Waals surface area contributed by atoms with Crippen LogP contribution in [0, 0.1) is 13.8 Å². The number of aryl methyl sites for hydroxylation is 2. The normalized spacial score (nSPS) is 13.5. The number of hydrogen-bond acceptors (Lipinski definition) is 5. The second-order valence-corrected chi connectivity index (χ2v) is 9.30. The second-order valence-electron chi connectivity index (χ2n) is 9.30. The Bertz CT molecular complexity index is 1390. The number of hydrogen-bond donors (Lipinski definition) is 0. The average Bonchev–Trinajstić information content (AvgIpc) is 3.40. The number of nitrogens with zero attached hydrogens (tertiary/aromatic N) is 4. The minimum Gasteiger partial charge on any atom is -0.497 e. The van der Waals surface area contributed by atoms with E-state index in [9.17, 15) is 4.79 Å². The van der Waals surface area contributed by atoms with E-state index in [2.05, 4.69) is 49.1 Å². The molecule has 3 aromatic carbocycles. The van der Waals surface area contributed by atoms with Crippen molar-refractivity contribution in [3.05, 3.63) is 89.6 Å². The number of anilines is 1. The highest BCUT2D eigenvalue weighted by atomic mass is 16.5. The maximum atomic E-state index is 13.8. The molecule has 0 spiro atoms. The third-order valence-electron chi connectivity index (χ3n) is 7.05. The van der Waals surface area contributed by atoms with E-state index in [1.54, 1.807) is 18.9 Å². The molecule has 1 aromatic heterocycles. The van der Waals surface area contributed by atoms with Crippen LogP contribution < -0.4 is 14.4 Å². The van der Waals surface area contributed by atoms with Crippen LogP contribution in [0.5, 0.6) is 11.5 Å². The van der Waals surface area contributed by atoms with E-state index in [0.29, 0.717) is 18.8 Å². The Kier molecular flexibility index (Phi) is 6.86. The molecule has 1 fully saturated rings. The van der Waals surface area contributed by atoms with Crippen LogP contribution in [-0.4, -0.2) is 61.0 Å². The number of benzene rings is 3. The molecule has 1 aliphatic heterocycles. The van der Waals surface area contributed by atoms with E-state index >= 15 is 0 Å². The minimum absolute atomic E-state index is 0.0206. The monoisotopic (exact) mass is 496 g/mol. The Morgan fingerprint density at radius 2 is 1.32 bits per heavy atom. The van der Waals surface area contributed by atoms with Crippen molar-refractivity contribution in [3.63, 3.8) is 0 Å². The van der Waals surface area contributed by atoms with Gasteiger partial charge in [-0.3, -0.25) is 4.79 Å². The lowest BCUT2D eigenvalue weighted by Gasteiger charge is -2.36. The zero-order chi connectivity index (χ0) is 25.9. The molecule has 0 aliphatic carbocycles. The van der Waals surface area contributed by atoms with Crippen molar-refractivity contribution in [2.75, 3.05) is 45.3 Å². The first-order chi connectivity index (χ1) is 18.0. The second kappa shape index (κ2) is 10.4. The average molecular weight is 497 g/mol. The molecule has 4 aromatic rings. The van der Waals surface area contributed by atoms with Crippen molar-refractivity contribution in [3.8, 4) is 28.4 Å². The molecule has 5 rings (SSSR count). The van der Waals surface area contributed by atoms with Crippen molar-refractivity contribution in [2.24, 2.45) is 0 Å². The van der Waals surface area contributed by atoms with Crippen molar-refractivity contribution in [1.29, 1.82) is 0 Å². The maximum absolute atomic E-state index is 13.8. The Morgan fingerprint density at radius 3 is 1.89 bits per heavy atom. The molecule has 0 bridgehead atoms. The van der Waals surface area contributed by atoms with Gasteiger partial charge in [-0.25, -0.2) is 4.68 Å². The van der Waals surface area contributed by atoms with Crippen molar-refractivity contribution >= 4 is 11.6 Å². The van der Waals surface area contributed by atoms with Crippen molar-refractivity contribution in [2.45, 2.75) is 13.8 Å². The Labute approximate surface area is 217 Å². The van der Waals surface area contributed by atoms with Gasteiger partial charge >= 0.3 is 0 Å². The van der Waals surface area contributed by atoms with Crippen molar-refractivity contribution < 1.29 is 14.3 Å². The number of ether oxygens (including phenoxy) is 2. The first-order valence-electron chi connectivity index (χ1n) is 12.5. The van der Waals surface area contributed by atoms with E-state index in [1.807, 2.05) is 47.4 Å². The van der Waals surface area contributed by atoms with Crippen LogP contribution in [0.2, 0.25) is 0 Å². The lowest BCUT2D eigenvalue weighted by molar-refractivity contribution is 0.0737. The molecule has 2 heterocycles. The van der Waals surface area contributed by atoms with Crippen LogP contribution in [0.15, 0.2) is 72.8 Å². The van der Waals surface area contributed by atoms with Gasteiger partial charge in [-0.05, 0) is 85.6 Å². The first-order valence-corrected chi connectivity index (χ1v) is 12.5. The van der Waals surface area contributed by atoms with Gasteiger partial charge < -0.3 is 19.3 Å². The molecule has 0 N–H and O–H groups in total. The maximum Gasteiger partial charge on any atom is 0.272 e. The highest BCUT2D eigenvalue weighted by molar-refractivity contribution is 5.94. The third-order valence-corrected chi connectivity index (χ3v) is 7.05. The molecule has 1 saturated heterocycles. The lowest BCUT2D eigenvalue weighted by Crippen LogP contribution is -2.49. The predicted molar refractivity (Wildman–Crippen MR) is 146 cm³/mol. The summed E-state index contributed by atoms with van der Waals surface area (Å²) in [5, 5.41) is 4.88. The van der Waals surface area contributed by atoms with Gasteiger partial charge in [-0.15, -0.1) is 0 Å². The molecular formula is C30H32N4O3. The summed E-state index contributed by atoms with van der Waals surface area (Å²) in [4.78, 5) is 18.0. The molecule has 1 aliphatic rings. The number of aromatic nitrogens is 2. The number of carbonyl (C=O) groups excluding carboxylic acids is 1. The SMILES string of the molecule is COc1ccc(N2CCN(C(=O)c3cc(-c4ccc(C)c(C)c4)nn3-c3ccc(OC)cc3)CC2)cc1. The molecule has 7 nitrogen and oxygen atoms in total. The molecule has 0 unspecified atom stereocenters. The number of methoxy groups -OCH3 is 2. The highest BCUT2D eigenvalue weighted by Gasteiger charge is 2.26. The summed E-state index contributed by atoms with van der Waals surface area (Å²) in [6.45, 7) is 6.98. The lowest BCUT2D eigenvalue weighted by atomic mass is 10.0. The van der Waals surface area contributed by atoms with E-state index in [0.717, 1.165) is 47.2 Å². The molecule has 190 valence electrons. The minimum atomic E-state index is -0.0206. The van der Waals surface area contributed by atoms with Crippen LogP contribution in [-0.2, 0) is 0 Å². The molecule has 7 heteroatoms. The van der Waals surface area contributed by atoms with E-state index in [1.165, 1.54) is 11.1 Å². The van der Waals surface area contributed by atoms with Gasteiger partial charge in [0.2, 0.25) is 0 Å². The summed E-state index contributed by atoms with van der Waals surface area (Å²) in [5.74, 6) is 1.57. The summed E-state index contributed by atoms with van der Waals surface area (Å²) in [6, 6.07) is 23.9. The quantitative estimate of drug-likeness (QED) is 0.370. The van der Waals surface area contributed by atoms with Gasteiger partial charge in [0.25, 0.3) is 5.91 Å². The van der Waals surface area contributed by atoms with E-state index in [-0.39, 0.29) is 5.91 Å². The standard InChI is InChI=1S/C30H32N4O3/c1-21-5-6-23(19-22(21)2)28-20-29(34(31-28)25-9-13-27(37-4)14-10-25)30(35)33-17-15-32(16-18-33)24-7-11-26(36-3)12-8-24/h5-14,19-20H,15-18H2,1-4H3. The summed E-state index contributed by atoms with van der Waals surface area (Å²) in [5.41, 5.74) is 6.69. The number of piperazine rings is 1. The third kappa shape index (κ3) is 5.03. The smallest absolute Gasteiger partial charge is 0.272 e. The van der Waals surface area contributed by atoms with Gasteiger partial charge in [-0.2, -0.15) is 5.10 Å². The Balaban J connectivity index is 1.42. The van der Waals surface area contributed by atoms with Crippen LogP contribution in [0.1, 0.15) is 21.6 Å². The van der Waals surface area contributed by atoms with Gasteiger partial charge in [0, 0.05) is 37.4 Å². The van der Waals surface area contributed by atoms with Crippen LogP contribution in [0.4, 0.5) is 5.69 Å². The Hall–Kier alpha value is -4.26. The van der Waals surface area contributed by atoms with Crippen LogP contribution in [0.3, 0.4) is 0 Å². The van der Waals surface area contributed by atoms with Gasteiger partial charge in [-0.1, -0.05) is 12.1 Å². The highest BCUT2D eigenvalue weighted by Crippen LogP contribution is 2.27. The fourth-order valence-corrected chi connectivity index (χ4v) is 4.62. The zero-order valence-electron chi connectivity index (χ0n) is 21.8. The summed E-state index contributed by atoms with van der Waals surface area (Å²) < 4.78 is 12.3. The predicted octanol–water partition coefficient (Wildman–Crippen LogP) is 5.14.